The summed E-state index contributed by atoms with van der Waals surface area (Å²) in [4.78, 5) is 23.1. The minimum absolute atomic E-state index is 0.0103. The smallest absolute Gasteiger partial charge is 0.390 e. The van der Waals surface area contributed by atoms with Gasteiger partial charge in [0.25, 0.3) is 0 Å². The molecule has 9 nitrogen and oxygen atoms in total. The van der Waals surface area contributed by atoms with Gasteiger partial charge < -0.3 is 24.9 Å². The molecule has 0 saturated carbocycles. The van der Waals surface area contributed by atoms with Crippen molar-refractivity contribution in [1.82, 2.24) is 5.32 Å². The number of aliphatic hydroxyl groups excluding tert-OH is 2. The van der Waals surface area contributed by atoms with E-state index in [9.17, 15) is 24.5 Å². The van der Waals surface area contributed by atoms with Gasteiger partial charge in [0.15, 0.2) is 0 Å². The maximum absolute atomic E-state index is 12.9. The van der Waals surface area contributed by atoms with Gasteiger partial charge in [0.2, 0.25) is 5.91 Å². The molecule has 0 aliphatic rings. The van der Waals surface area contributed by atoms with E-state index in [0.29, 0.717) is 30.3 Å². The van der Waals surface area contributed by atoms with Gasteiger partial charge in [-0.05, 0) is 77.0 Å². The molecule has 0 aliphatic heterocycles. The van der Waals surface area contributed by atoms with Gasteiger partial charge in [-0.25, -0.2) is 4.57 Å². The van der Waals surface area contributed by atoms with Crippen molar-refractivity contribution in [2.24, 2.45) is 0 Å². The highest BCUT2D eigenvalue weighted by Crippen LogP contribution is 2.43. The Morgan fingerprint density at radius 2 is 1.13 bits per heavy atom. The van der Waals surface area contributed by atoms with Gasteiger partial charge in [-0.3, -0.25) is 13.8 Å². The molecule has 0 aliphatic carbocycles. The Balaban J connectivity index is 4.57. The Bertz CT molecular complexity index is 1100. The van der Waals surface area contributed by atoms with Gasteiger partial charge in [0.1, 0.15) is 19.3 Å². The third-order valence-corrected chi connectivity index (χ3v) is 10.3. The third-order valence-electron chi connectivity index (χ3n) is 9.34. The minimum Gasteiger partial charge on any atom is -0.390 e. The lowest BCUT2D eigenvalue weighted by atomic mass is 10.0. The first kappa shape index (κ1) is 53.2. The summed E-state index contributed by atoms with van der Waals surface area (Å²) in [6.07, 6.45) is 42.8. The minimum atomic E-state index is -4.43. The standard InChI is InChI=1S/C45H83N2O7P/c1-6-8-10-12-14-16-18-20-21-22-23-24-25-26-28-30-32-34-36-38-44(49)46-42(41-54-55(51,52)53-40-39-47(3,4)5)45(50)43(48)37-35-33-31-29-27-19-17-15-13-11-9-7-2/h8,10,14,16,20-21,23-24,29,31,42-43,45,48,50H,6-7,9,11-13,15,17-19,22,25-28,30,32-41H2,1-5H3,(H-,46,49,51,52)/p+1/b10-8-,16-14-,21-20-,24-23-,31-29+. The van der Waals surface area contributed by atoms with Crippen molar-refractivity contribution in [2.75, 3.05) is 40.9 Å². The molecule has 4 atom stereocenters. The van der Waals surface area contributed by atoms with Crippen molar-refractivity contribution >= 4 is 13.7 Å². The average Bonchev–Trinajstić information content (AvgIpc) is 3.13. The van der Waals surface area contributed by atoms with E-state index in [-0.39, 0.29) is 18.9 Å². The third kappa shape index (κ3) is 37.5. The lowest BCUT2D eigenvalue weighted by molar-refractivity contribution is -0.870. The molecule has 0 heterocycles. The van der Waals surface area contributed by atoms with Crippen molar-refractivity contribution in [3.05, 3.63) is 60.8 Å². The molecule has 320 valence electrons. The van der Waals surface area contributed by atoms with Crippen LogP contribution >= 0.6 is 7.82 Å². The first-order valence-corrected chi connectivity index (χ1v) is 23.2. The molecule has 0 saturated heterocycles. The van der Waals surface area contributed by atoms with Gasteiger partial charge in [0, 0.05) is 6.42 Å². The van der Waals surface area contributed by atoms with Crippen molar-refractivity contribution in [3.8, 4) is 0 Å². The predicted octanol–water partition coefficient (Wildman–Crippen LogP) is 10.8. The lowest BCUT2D eigenvalue weighted by Crippen LogP contribution is -2.51. The molecule has 0 aromatic carbocycles. The zero-order valence-electron chi connectivity index (χ0n) is 35.8. The number of phosphoric acid groups is 1. The predicted molar refractivity (Wildman–Crippen MR) is 232 cm³/mol. The van der Waals surface area contributed by atoms with Gasteiger partial charge >= 0.3 is 7.82 Å². The second-order valence-electron chi connectivity index (χ2n) is 15.8. The van der Waals surface area contributed by atoms with E-state index >= 15 is 0 Å². The largest absolute Gasteiger partial charge is 0.472 e. The van der Waals surface area contributed by atoms with Crippen LogP contribution in [0.3, 0.4) is 0 Å². The summed E-state index contributed by atoms with van der Waals surface area (Å²) in [5.41, 5.74) is 0. The second-order valence-corrected chi connectivity index (χ2v) is 17.3. The Labute approximate surface area is 337 Å². The number of phosphoric ester groups is 1. The molecule has 0 spiro atoms. The highest BCUT2D eigenvalue weighted by atomic mass is 31.2. The van der Waals surface area contributed by atoms with Crippen molar-refractivity contribution in [2.45, 2.75) is 180 Å². The fourth-order valence-corrected chi connectivity index (χ4v) is 6.57. The van der Waals surface area contributed by atoms with E-state index in [0.717, 1.165) is 77.0 Å². The van der Waals surface area contributed by atoms with E-state index in [2.05, 4.69) is 79.9 Å². The number of hydrogen-bond acceptors (Lipinski definition) is 6. The SMILES string of the molecule is CC/C=C\C/C=C\C/C=C\C/C=C\CCCCCCCCC(=O)NC(COP(=O)(O)OCC[N+](C)(C)C)C(O)C(O)CCC/C=C/CCCCCCCCC. The molecule has 55 heavy (non-hydrogen) atoms. The van der Waals surface area contributed by atoms with Crippen LogP contribution in [-0.4, -0.2) is 84.6 Å². The number of nitrogens with zero attached hydrogens (tertiary/aromatic N) is 1. The summed E-state index contributed by atoms with van der Waals surface area (Å²) in [7, 11) is 1.40. The number of carbonyl (C=O) groups excluding carboxylic acids is 1. The zero-order chi connectivity index (χ0) is 40.9. The number of aliphatic hydroxyl groups is 2. The maximum atomic E-state index is 12.9. The molecular formula is C45H84N2O7P+. The van der Waals surface area contributed by atoms with E-state index in [1.807, 2.05) is 21.1 Å². The van der Waals surface area contributed by atoms with Gasteiger partial charge in [-0.15, -0.1) is 0 Å². The Kier molecular flexibility index (Phi) is 35.3. The van der Waals surface area contributed by atoms with Crippen LogP contribution in [0.25, 0.3) is 0 Å². The first-order valence-electron chi connectivity index (χ1n) is 21.7. The highest BCUT2D eigenvalue weighted by molar-refractivity contribution is 7.47. The van der Waals surface area contributed by atoms with Crippen LogP contribution in [0.15, 0.2) is 60.8 Å². The van der Waals surface area contributed by atoms with Crippen LogP contribution in [-0.2, 0) is 18.4 Å². The zero-order valence-corrected chi connectivity index (χ0v) is 36.7. The number of hydrogen-bond donors (Lipinski definition) is 4. The van der Waals surface area contributed by atoms with Gasteiger partial charge in [0.05, 0.1) is 39.9 Å². The molecule has 4 unspecified atom stereocenters. The van der Waals surface area contributed by atoms with E-state index in [4.69, 9.17) is 9.05 Å². The Morgan fingerprint density at radius 1 is 0.655 bits per heavy atom. The maximum Gasteiger partial charge on any atom is 0.472 e. The average molecular weight is 796 g/mol. The number of rotatable bonds is 38. The number of unbranched alkanes of at least 4 members (excludes halogenated alkanes) is 14. The lowest BCUT2D eigenvalue weighted by Gasteiger charge is -2.28. The van der Waals surface area contributed by atoms with E-state index in [1.165, 1.54) is 44.9 Å². The molecular weight excluding hydrogens is 711 g/mol. The van der Waals surface area contributed by atoms with Crippen LogP contribution in [0.2, 0.25) is 0 Å². The molecule has 10 heteroatoms. The van der Waals surface area contributed by atoms with Crippen molar-refractivity contribution in [3.63, 3.8) is 0 Å². The number of quaternary nitrogens is 1. The summed E-state index contributed by atoms with van der Waals surface area (Å²) in [6.45, 7) is 4.43. The molecule has 0 bridgehead atoms. The monoisotopic (exact) mass is 796 g/mol. The van der Waals surface area contributed by atoms with Gasteiger partial charge in [-0.2, -0.15) is 0 Å². The summed E-state index contributed by atoms with van der Waals surface area (Å²) in [5.74, 6) is -0.286. The number of nitrogens with one attached hydrogen (secondary N) is 1. The Morgan fingerprint density at radius 3 is 1.67 bits per heavy atom. The molecule has 0 rings (SSSR count). The summed E-state index contributed by atoms with van der Waals surface area (Å²) < 4.78 is 23.4. The van der Waals surface area contributed by atoms with E-state index in [1.54, 1.807) is 0 Å². The van der Waals surface area contributed by atoms with Crippen LogP contribution in [0, 0.1) is 0 Å². The molecule has 0 aromatic heterocycles. The topological polar surface area (TPSA) is 125 Å². The molecule has 1 amide bonds. The van der Waals surface area contributed by atoms with Crippen LogP contribution in [0.5, 0.6) is 0 Å². The first-order chi connectivity index (χ1) is 26.4. The quantitative estimate of drug-likeness (QED) is 0.0212. The second kappa shape index (κ2) is 36.5. The van der Waals surface area contributed by atoms with Crippen LogP contribution in [0.1, 0.15) is 162 Å². The van der Waals surface area contributed by atoms with Crippen molar-refractivity contribution in [1.29, 1.82) is 0 Å². The number of likely N-dealkylation sites (N-methyl/N-ethyl adjacent to an activating group) is 1. The fraction of sp³-hybridized carbons (Fsp3) is 0.756. The molecule has 0 radical (unpaired) electrons. The summed E-state index contributed by atoms with van der Waals surface area (Å²) in [6, 6.07) is -1.06. The van der Waals surface area contributed by atoms with Crippen LogP contribution < -0.4 is 5.32 Å². The van der Waals surface area contributed by atoms with Crippen molar-refractivity contribution < 1.29 is 38.0 Å². The van der Waals surface area contributed by atoms with E-state index < -0.39 is 32.7 Å². The highest BCUT2D eigenvalue weighted by Gasteiger charge is 2.31. The normalized spacial score (nSPS) is 15.6. The molecule has 0 fully saturated rings. The Hall–Kier alpha value is -1.84. The number of carbonyl (C=O) groups is 1. The van der Waals surface area contributed by atoms with Crippen LogP contribution in [0.4, 0.5) is 0 Å². The number of allylic oxidation sites excluding steroid dienone is 10. The van der Waals surface area contributed by atoms with Gasteiger partial charge in [-0.1, -0.05) is 139 Å². The molecule has 4 N–H and O–H groups in total. The summed E-state index contributed by atoms with van der Waals surface area (Å²) >= 11 is 0. The summed E-state index contributed by atoms with van der Waals surface area (Å²) in [5, 5.41) is 24.6. The fourth-order valence-electron chi connectivity index (χ4n) is 5.84. The number of amides is 1. The molecule has 0 aromatic rings.